The summed E-state index contributed by atoms with van der Waals surface area (Å²) < 4.78 is 26.3. The minimum absolute atomic E-state index is 0.0510. The zero-order valence-corrected chi connectivity index (χ0v) is 18.3. The Morgan fingerprint density at radius 1 is 1.06 bits per heavy atom. The van der Waals surface area contributed by atoms with Crippen LogP contribution in [0, 0.1) is 0 Å². The van der Waals surface area contributed by atoms with E-state index >= 15 is 0 Å². The van der Waals surface area contributed by atoms with Gasteiger partial charge in [0.25, 0.3) is 0 Å². The van der Waals surface area contributed by atoms with Gasteiger partial charge in [-0.25, -0.2) is 8.42 Å². The minimum Gasteiger partial charge on any atom is -0.507 e. The van der Waals surface area contributed by atoms with E-state index < -0.39 is 10.0 Å². The van der Waals surface area contributed by atoms with Gasteiger partial charge in [0, 0.05) is 36.9 Å². The standard InChI is InChI=1S/C22H29N5O3S/c1-31(29,30)27-12-11-26(15-17(27)13-16-7-3-2-4-8-16)20(22(24)25)14-19(23)18-9-5-6-10-21(18)28/h2-10,14,17,28H,11-13,15,23-25H2,1H3/b19-14-. The van der Waals surface area contributed by atoms with E-state index in [1.54, 1.807) is 30.3 Å². The number of phenolic OH excluding ortho intramolecular Hbond substituents is 1. The van der Waals surface area contributed by atoms with Crippen molar-refractivity contribution in [1.82, 2.24) is 9.21 Å². The number of piperazine rings is 1. The van der Waals surface area contributed by atoms with Crippen molar-refractivity contribution in [2.75, 3.05) is 25.9 Å². The molecular formula is C22H29N5O3S. The van der Waals surface area contributed by atoms with Gasteiger partial charge < -0.3 is 27.2 Å². The highest BCUT2D eigenvalue weighted by Gasteiger charge is 2.33. The Balaban J connectivity index is 1.90. The molecule has 0 bridgehead atoms. The lowest BCUT2D eigenvalue weighted by Gasteiger charge is -2.41. The predicted octanol–water partition coefficient (Wildman–Crippen LogP) is 0.967. The second-order valence-electron chi connectivity index (χ2n) is 7.62. The number of sulfonamides is 1. The van der Waals surface area contributed by atoms with Crippen LogP contribution in [0.2, 0.25) is 0 Å². The second kappa shape index (κ2) is 9.32. The summed E-state index contributed by atoms with van der Waals surface area (Å²) in [6, 6.07) is 16.2. The Morgan fingerprint density at radius 2 is 1.71 bits per heavy atom. The first-order valence-corrected chi connectivity index (χ1v) is 11.8. The van der Waals surface area contributed by atoms with Crippen LogP contribution in [0.4, 0.5) is 0 Å². The lowest BCUT2D eigenvalue weighted by molar-refractivity contribution is 0.168. The number of phenols is 1. The number of aromatic hydroxyl groups is 1. The van der Waals surface area contributed by atoms with Crippen molar-refractivity contribution in [2.45, 2.75) is 12.5 Å². The lowest BCUT2D eigenvalue weighted by atomic mass is 10.0. The van der Waals surface area contributed by atoms with Gasteiger partial charge in [-0.3, -0.25) is 0 Å². The molecule has 3 rings (SSSR count). The fraction of sp³-hybridized carbons (Fsp3) is 0.273. The van der Waals surface area contributed by atoms with Gasteiger partial charge in [0.1, 0.15) is 11.6 Å². The van der Waals surface area contributed by atoms with Crippen LogP contribution in [0.25, 0.3) is 5.70 Å². The first kappa shape index (κ1) is 22.5. The monoisotopic (exact) mass is 443 g/mol. The summed E-state index contributed by atoms with van der Waals surface area (Å²) >= 11 is 0. The molecular weight excluding hydrogens is 414 g/mol. The molecule has 0 spiro atoms. The van der Waals surface area contributed by atoms with E-state index in [9.17, 15) is 13.5 Å². The summed E-state index contributed by atoms with van der Waals surface area (Å²) in [7, 11) is -3.38. The Kier molecular flexibility index (Phi) is 6.77. The molecule has 1 aliphatic heterocycles. The van der Waals surface area contributed by atoms with Crippen LogP contribution >= 0.6 is 0 Å². The number of para-hydroxylation sites is 1. The van der Waals surface area contributed by atoms with Crippen molar-refractivity contribution in [3.8, 4) is 5.75 Å². The quantitative estimate of drug-likeness (QED) is 0.488. The SMILES string of the molecule is CS(=O)(=O)N1CCN(C(/C=C(\N)c2ccccc2O)=C(N)N)CC1Cc1ccccc1. The zero-order chi connectivity index (χ0) is 22.6. The molecule has 7 N–H and O–H groups in total. The van der Waals surface area contributed by atoms with E-state index in [1.165, 1.54) is 10.6 Å². The first-order valence-electron chi connectivity index (χ1n) is 9.93. The summed E-state index contributed by atoms with van der Waals surface area (Å²) in [6.45, 7) is 1.12. The highest BCUT2D eigenvalue weighted by atomic mass is 32.2. The molecule has 1 saturated heterocycles. The average Bonchev–Trinajstić information content (AvgIpc) is 2.72. The molecule has 1 heterocycles. The molecule has 166 valence electrons. The molecule has 31 heavy (non-hydrogen) atoms. The van der Waals surface area contributed by atoms with Crippen LogP contribution in [0.5, 0.6) is 5.75 Å². The molecule has 0 aliphatic carbocycles. The number of benzene rings is 2. The summed E-state index contributed by atoms with van der Waals surface area (Å²) in [5.74, 6) is 0.125. The maximum Gasteiger partial charge on any atom is 0.211 e. The third-order valence-electron chi connectivity index (χ3n) is 5.31. The molecule has 8 nitrogen and oxygen atoms in total. The molecule has 0 radical (unpaired) electrons. The fourth-order valence-corrected chi connectivity index (χ4v) is 4.94. The summed E-state index contributed by atoms with van der Waals surface area (Å²) in [5.41, 5.74) is 20.5. The van der Waals surface area contributed by atoms with Gasteiger partial charge in [-0.15, -0.1) is 0 Å². The number of hydrogen-bond donors (Lipinski definition) is 4. The molecule has 1 atom stereocenters. The van der Waals surface area contributed by atoms with Crippen molar-refractivity contribution in [2.24, 2.45) is 17.2 Å². The predicted molar refractivity (Wildman–Crippen MR) is 123 cm³/mol. The van der Waals surface area contributed by atoms with Crippen LogP contribution in [0.1, 0.15) is 11.1 Å². The van der Waals surface area contributed by atoms with Gasteiger partial charge in [-0.2, -0.15) is 4.31 Å². The topological polar surface area (TPSA) is 139 Å². The van der Waals surface area contributed by atoms with Gasteiger partial charge in [0.05, 0.1) is 12.0 Å². The summed E-state index contributed by atoms with van der Waals surface area (Å²) in [5, 5.41) is 10.1. The van der Waals surface area contributed by atoms with E-state index in [-0.39, 0.29) is 17.6 Å². The smallest absolute Gasteiger partial charge is 0.211 e. The van der Waals surface area contributed by atoms with E-state index in [0.29, 0.717) is 43.0 Å². The van der Waals surface area contributed by atoms with Crippen molar-refractivity contribution in [3.05, 3.63) is 83.3 Å². The van der Waals surface area contributed by atoms with Crippen LogP contribution in [0.3, 0.4) is 0 Å². The van der Waals surface area contributed by atoms with Crippen molar-refractivity contribution in [1.29, 1.82) is 0 Å². The van der Waals surface area contributed by atoms with Crippen LogP contribution < -0.4 is 17.2 Å². The van der Waals surface area contributed by atoms with Gasteiger partial charge in [0.2, 0.25) is 10.0 Å². The Labute approximate surface area is 183 Å². The zero-order valence-electron chi connectivity index (χ0n) is 17.5. The Bertz CT molecular complexity index is 1080. The third-order valence-corrected chi connectivity index (χ3v) is 6.65. The molecule has 2 aromatic carbocycles. The van der Waals surface area contributed by atoms with Crippen LogP contribution in [0.15, 0.2) is 72.2 Å². The van der Waals surface area contributed by atoms with Gasteiger partial charge in [-0.1, -0.05) is 42.5 Å². The molecule has 9 heteroatoms. The van der Waals surface area contributed by atoms with Crippen molar-refractivity contribution < 1.29 is 13.5 Å². The van der Waals surface area contributed by atoms with Crippen molar-refractivity contribution in [3.63, 3.8) is 0 Å². The Hall–Kier alpha value is -3.17. The van der Waals surface area contributed by atoms with Gasteiger partial charge in [0.15, 0.2) is 0 Å². The lowest BCUT2D eigenvalue weighted by Crippen LogP contribution is -2.55. The van der Waals surface area contributed by atoms with Crippen LogP contribution in [-0.2, 0) is 16.4 Å². The second-order valence-corrected chi connectivity index (χ2v) is 9.56. The largest absolute Gasteiger partial charge is 0.507 e. The van der Waals surface area contributed by atoms with Crippen LogP contribution in [-0.4, -0.2) is 54.7 Å². The number of rotatable bonds is 6. The number of allylic oxidation sites excluding steroid dienone is 1. The third kappa shape index (κ3) is 5.50. The van der Waals surface area contributed by atoms with Gasteiger partial charge in [-0.05, 0) is 30.2 Å². The van der Waals surface area contributed by atoms with Gasteiger partial charge >= 0.3 is 0 Å². The molecule has 1 aliphatic rings. The van der Waals surface area contributed by atoms with E-state index in [1.807, 2.05) is 35.2 Å². The highest BCUT2D eigenvalue weighted by molar-refractivity contribution is 7.88. The van der Waals surface area contributed by atoms with E-state index in [2.05, 4.69) is 0 Å². The normalized spacial score (nSPS) is 18.0. The number of nitrogens with two attached hydrogens (primary N) is 3. The molecule has 1 fully saturated rings. The fourth-order valence-electron chi connectivity index (χ4n) is 3.85. The molecule has 0 saturated carbocycles. The molecule has 0 amide bonds. The van der Waals surface area contributed by atoms with Crippen molar-refractivity contribution >= 4 is 15.7 Å². The van der Waals surface area contributed by atoms with E-state index in [4.69, 9.17) is 17.2 Å². The summed E-state index contributed by atoms with van der Waals surface area (Å²) in [6.07, 6.45) is 3.41. The molecule has 0 aromatic heterocycles. The number of nitrogens with zero attached hydrogens (tertiary/aromatic N) is 2. The molecule has 2 aromatic rings. The maximum absolute atomic E-state index is 12.4. The average molecular weight is 444 g/mol. The molecule has 1 unspecified atom stereocenters. The Morgan fingerprint density at radius 3 is 2.32 bits per heavy atom. The summed E-state index contributed by atoms with van der Waals surface area (Å²) in [4.78, 5) is 1.94. The maximum atomic E-state index is 12.4. The first-order chi connectivity index (χ1) is 14.7. The minimum atomic E-state index is -3.38. The highest BCUT2D eigenvalue weighted by Crippen LogP contribution is 2.25. The van der Waals surface area contributed by atoms with E-state index in [0.717, 1.165) is 5.56 Å². The number of hydrogen-bond acceptors (Lipinski definition) is 7.